The van der Waals surface area contributed by atoms with Gasteiger partial charge in [0.1, 0.15) is 12.7 Å². The van der Waals surface area contributed by atoms with Crippen molar-refractivity contribution < 1.29 is 19.7 Å². The van der Waals surface area contributed by atoms with Crippen LogP contribution in [0.3, 0.4) is 0 Å². The predicted molar refractivity (Wildman–Crippen MR) is 122 cm³/mol. The molecule has 4 nitrogen and oxygen atoms in total. The zero-order valence-corrected chi connectivity index (χ0v) is 19.1. The molecule has 29 heavy (non-hydrogen) atoms. The molecule has 1 atom stereocenters. The molecule has 0 aromatic rings. The van der Waals surface area contributed by atoms with Crippen LogP contribution in [-0.2, 0) is 9.53 Å². The maximum absolute atomic E-state index is 11.4. The van der Waals surface area contributed by atoms with Gasteiger partial charge in [-0.1, -0.05) is 96.1 Å². The molecule has 1 unspecified atom stereocenters. The summed E-state index contributed by atoms with van der Waals surface area (Å²) in [7, 11) is 0. The van der Waals surface area contributed by atoms with Crippen LogP contribution in [-0.4, -0.2) is 35.5 Å². The van der Waals surface area contributed by atoms with Gasteiger partial charge in [0.25, 0.3) is 0 Å². The van der Waals surface area contributed by atoms with Crippen LogP contribution in [0, 0.1) is 0 Å². The van der Waals surface area contributed by atoms with Crippen molar-refractivity contribution in [2.24, 2.45) is 0 Å². The zero-order chi connectivity index (χ0) is 21.4. The molecular weight excluding hydrogens is 364 g/mol. The van der Waals surface area contributed by atoms with E-state index in [0.717, 1.165) is 12.8 Å². The second kappa shape index (κ2) is 23.4. The minimum Gasteiger partial charge on any atom is -0.463 e. The van der Waals surface area contributed by atoms with E-state index < -0.39 is 6.10 Å². The molecule has 0 spiro atoms. The number of hydrogen-bond donors (Lipinski definition) is 2. The summed E-state index contributed by atoms with van der Waals surface area (Å²) in [4.78, 5) is 11.4. The molecule has 0 radical (unpaired) electrons. The lowest BCUT2D eigenvalue weighted by Gasteiger charge is -2.08. The third-order valence-electron chi connectivity index (χ3n) is 5.29. The molecule has 0 saturated carbocycles. The van der Waals surface area contributed by atoms with E-state index in [-0.39, 0.29) is 19.2 Å². The topological polar surface area (TPSA) is 66.8 Å². The van der Waals surface area contributed by atoms with Crippen LogP contribution in [0.15, 0.2) is 12.2 Å². The molecule has 2 N–H and O–H groups in total. The quantitative estimate of drug-likeness (QED) is 0.121. The van der Waals surface area contributed by atoms with Gasteiger partial charge in [0.15, 0.2) is 0 Å². The fraction of sp³-hybridized carbons (Fsp3) is 0.880. The molecule has 0 fully saturated rings. The van der Waals surface area contributed by atoms with E-state index in [4.69, 9.17) is 14.9 Å². The van der Waals surface area contributed by atoms with E-state index in [9.17, 15) is 4.79 Å². The molecule has 0 rings (SSSR count). The van der Waals surface area contributed by atoms with Crippen molar-refractivity contribution >= 4 is 5.97 Å². The van der Waals surface area contributed by atoms with Gasteiger partial charge in [-0.3, -0.25) is 4.79 Å². The van der Waals surface area contributed by atoms with Crippen LogP contribution in [0.4, 0.5) is 0 Å². The van der Waals surface area contributed by atoms with E-state index in [1.807, 2.05) is 0 Å². The molecule has 0 aliphatic carbocycles. The Labute approximate surface area is 180 Å². The summed E-state index contributed by atoms with van der Waals surface area (Å²) in [6, 6.07) is 0. The van der Waals surface area contributed by atoms with Gasteiger partial charge in [0.2, 0.25) is 0 Å². The number of carbonyl (C=O) groups excluding carboxylic acids is 1. The summed E-state index contributed by atoms with van der Waals surface area (Å²) < 4.78 is 4.88. The first-order chi connectivity index (χ1) is 14.2. The predicted octanol–water partition coefficient (Wildman–Crippen LogP) is 6.48. The average Bonchev–Trinajstić information content (AvgIpc) is 2.73. The standard InChI is InChI=1S/C25H48O4/c1-2-3-4-5-6-7-8-9-10-11-12-13-14-15-16-17-18-19-20-21-25(28)29-23-24(27)22-26/h9-10,24,26-27H,2-8,11-23H2,1H3/b10-9+. The lowest BCUT2D eigenvalue weighted by Crippen LogP contribution is -2.21. The van der Waals surface area contributed by atoms with E-state index in [2.05, 4.69) is 19.1 Å². The second-order valence-electron chi connectivity index (χ2n) is 8.27. The van der Waals surface area contributed by atoms with Crippen LogP contribution in [0.1, 0.15) is 122 Å². The highest BCUT2D eigenvalue weighted by atomic mass is 16.5. The lowest BCUT2D eigenvalue weighted by molar-refractivity contribution is -0.147. The molecule has 0 aromatic heterocycles. The Kier molecular flexibility index (Phi) is 22.7. The Bertz CT molecular complexity index is 368. The summed E-state index contributed by atoms with van der Waals surface area (Å²) in [6.07, 6.45) is 25.9. The number of rotatable bonds is 22. The van der Waals surface area contributed by atoms with Gasteiger partial charge in [-0.15, -0.1) is 0 Å². The molecule has 0 bridgehead atoms. The van der Waals surface area contributed by atoms with Crippen molar-refractivity contribution in [3.8, 4) is 0 Å². The van der Waals surface area contributed by atoms with Gasteiger partial charge in [-0.2, -0.15) is 0 Å². The zero-order valence-electron chi connectivity index (χ0n) is 19.1. The van der Waals surface area contributed by atoms with E-state index in [0.29, 0.717) is 6.42 Å². The van der Waals surface area contributed by atoms with E-state index >= 15 is 0 Å². The minimum atomic E-state index is -0.958. The van der Waals surface area contributed by atoms with Crippen molar-refractivity contribution in [3.63, 3.8) is 0 Å². The van der Waals surface area contributed by atoms with Gasteiger partial charge in [0.05, 0.1) is 6.61 Å². The minimum absolute atomic E-state index is 0.107. The number of unbranched alkanes of at least 4 members (excludes halogenated alkanes) is 15. The third-order valence-corrected chi connectivity index (χ3v) is 5.29. The van der Waals surface area contributed by atoms with Crippen molar-refractivity contribution in [1.82, 2.24) is 0 Å². The largest absolute Gasteiger partial charge is 0.463 e. The SMILES string of the molecule is CCCCCCCC/C=C/CCCCCCCCCCCC(=O)OCC(O)CO. The maximum Gasteiger partial charge on any atom is 0.305 e. The summed E-state index contributed by atoms with van der Waals surface area (Å²) in [5.41, 5.74) is 0. The summed E-state index contributed by atoms with van der Waals surface area (Å²) in [5.74, 6) is -0.279. The van der Waals surface area contributed by atoms with Crippen molar-refractivity contribution in [3.05, 3.63) is 12.2 Å². The molecule has 0 aliphatic rings. The molecule has 0 aliphatic heterocycles. The summed E-state index contributed by atoms with van der Waals surface area (Å²) >= 11 is 0. The first-order valence-electron chi connectivity index (χ1n) is 12.3. The fourth-order valence-corrected chi connectivity index (χ4v) is 3.36. The van der Waals surface area contributed by atoms with E-state index in [1.54, 1.807) is 0 Å². The molecule has 0 amide bonds. The Morgan fingerprint density at radius 1 is 0.759 bits per heavy atom. The number of carbonyl (C=O) groups is 1. The second-order valence-corrected chi connectivity index (χ2v) is 8.27. The van der Waals surface area contributed by atoms with Crippen LogP contribution in [0.2, 0.25) is 0 Å². The number of esters is 1. The summed E-state index contributed by atoms with van der Waals surface area (Å²) in [6.45, 7) is 1.79. The molecular formula is C25H48O4. The normalized spacial score (nSPS) is 12.5. The van der Waals surface area contributed by atoms with Gasteiger partial charge < -0.3 is 14.9 Å². The smallest absolute Gasteiger partial charge is 0.305 e. The monoisotopic (exact) mass is 412 g/mol. The highest BCUT2D eigenvalue weighted by Gasteiger charge is 2.07. The van der Waals surface area contributed by atoms with Crippen LogP contribution >= 0.6 is 0 Å². The third kappa shape index (κ3) is 23.3. The Hall–Kier alpha value is -0.870. The van der Waals surface area contributed by atoms with Crippen LogP contribution < -0.4 is 0 Å². The maximum atomic E-state index is 11.4. The Balaban J connectivity index is 3.18. The Morgan fingerprint density at radius 2 is 1.21 bits per heavy atom. The number of ether oxygens (including phenoxy) is 1. The van der Waals surface area contributed by atoms with Gasteiger partial charge >= 0.3 is 5.97 Å². The molecule has 172 valence electrons. The van der Waals surface area contributed by atoms with Crippen molar-refractivity contribution in [2.75, 3.05) is 13.2 Å². The average molecular weight is 413 g/mol. The molecule has 0 heterocycles. The first-order valence-corrected chi connectivity index (χ1v) is 12.3. The van der Waals surface area contributed by atoms with E-state index in [1.165, 1.54) is 96.3 Å². The number of allylic oxidation sites excluding steroid dienone is 2. The molecule has 4 heteroatoms. The number of aliphatic hydroxyl groups is 2. The van der Waals surface area contributed by atoms with Crippen molar-refractivity contribution in [2.45, 2.75) is 129 Å². The van der Waals surface area contributed by atoms with Crippen molar-refractivity contribution in [1.29, 1.82) is 0 Å². The number of hydrogen-bond acceptors (Lipinski definition) is 4. The molecule has 0 saturated heterocycles. The molecule has 0 aromatic carbocycles. The number of aliphatic hydroxyl groups excluding tert-OH is 2. The highest BCUT2D eigenvalue weighted by molar-refractivity contribution is 5.69. The van der Waals surface area contributed by atoms with Crippen LogP contribution in [0.25, 0.3) is 0 Å². The van der Waals surface area contributed by atoms with Crippen LogP contribution in [0.5, 0.6) is 0 Å². The van der Waals surface area contributed by atoms with Gasteiger partial charge in [0, 0.05) is 6.42 Å². The lowest BCUT2D eigenvalue weighted by atomic mass is 10.1. The fourth-order valence-electron chi connectivity index (χ4n) is 3.36. The van der Waals surface area contributed by atoms with Gasteiger partial charge in [-0.25, -0.2) is 0 Å². The Morgan fingerprint density at radius 3 is 1.69 bits per heavy atom. The summed E-state index contributed by atoms with van der Waals surface area (Å²) in [5, 5.41) is 17.8. The first kappa shape index (κ1) is 28.1. The van der Waals surface area contributed by atoms with Gasteiger partial charge in [-0.05, 0) is 32.1 Å². The highest BCUT2D eigenvalue weighted by Crippen LogP contribution is 2.12.